The summed E-state index contributed by atoms with van der Waals surface area (Å²) >= 11 is 6.28. The monoisotopic (exact) mass is 516 g/mol. The lowest BCUT2D eigenvalue weighted by molar-refractivity contribution is -0.125. The highest BCUT2D eigenvalue weighted by Gasteiger charge is 2.50. The summed E-state index contributed by atoms with van der Waals surface area (Å²) in [7, 11) is -4.12. The molecule has 9 nitrogen and oxygen atoms in total. The number of piperidine rings is 1. The van der Waals surface area contributed by atoms with Gasteiger partial charge < -0.3 is 15.3 Å². The van der Waals surface area contributed by atoms with E-state index < -0.39 is 51.1 Å². The number of hydrogen-bond donors (Lipinski definition) is 2. The highest BCUT2D eigenvalue weighted by atomic mass is 35.5. The summed E-state index contributed by atoms with van der Waals surface area (Å²) in [5.74, 6) is -3.43. The Bertz CT molecular complexity index is 1160. The van der Waals surface area contributed by atoms with Crippen LogP contribution in [0.4, 0.5) is 19.3 Å². The van der Waals surface area contributed by atoms with Crippen LogP contribution in [0, 0.1) is 11.3 Å². The predicted molar refractivity (Wildman–Crippen MR) is 118 cm³/mol. The number of amides is 2. The summed E-state index contributed by atoms with van der Waals surface area (Å²) in [5.41, 5.74) is -0.503. The Hall–Kier alpha value is -2.65. The van der Waals surface area contributed by atoms with Crippen LogP contribution in [0.2, 0.25) is 5.02 Å². The lowest BCUT2D eigenvalue weighted by atomic mass is 10.1. The van der Waals surface area contributed by atoms with Gasteiger partial charge >= 0.3 is 6.09 Å². The first-order valence-corrected chi connectivity index (χ1v) is 12.7. The average molecular weight is 517 g/mol. The molecule has 0 spiro atoms. The second kappa shape index (κ2) is 8.53. The van der Waals surface area contributed by atoms with Gasteiger partial charge in [0.1, 0.15) is 11.6 Å². The Balaban J connectivity index is 1.53. The van der Waals surface area contributed by atoms with Gasteiger partial charge in [0.15, 0.2) is 9.84 Å². The molecule has 0 unspecified atom stereocenters. The topological polar surface area (TPSA) is 131 Å². The minimum absolute atomic E-state index is 0.104. The normalized spacial score (nSPS) is 25.5. The zero-order valence-electron chi connectivity index (χ0n) is 18.0. The van der Waals surface area contributed by atoms with Crippen molar-refractivity contribution < 1.29 is 31.9 Å². The van der Waals surface area contributed by atoms with Crippen molar-refractivity contribution in [1.29, 1.82) is 5.26 Å². The molecular weight excluding hydrogens is 494 g/mol. The fourth-order valence-corrected chi connectivity index (χ4v) is 6.62. The van der Waals surface area contributed by atoms with Crippen LogP contribution in [0.15, 0.2) is 23.1 Å². The maximum absolute atomic E-state index is 13.4. The molecule has 2 amide bonds. The largest absolute Gasteiger partial charge is 0.465 e. The van der Waals surface area contributed by atoms with E-state index in [1.54, 1.807) is 4.90 Å². The van der Waals surface area contributed by atoms with E-state index in [-0.39, 0.29) is 42.3 Å². The number of alkyl halides is 2. The third kappa shape index (κ3) is 4.63. The van der Waals surface area contributed by atoms with Gasteiger partial charge in [-0.05, 0) is 37.5 Å². The third-order valence-electron chi connectivity index (χ3n) is 6.66. The van der Waals surface area contributed by atoms with Crippen LogP contribution in [-0.4, -0.2) is 72.8 Å². The molecule has 3 fully saturated rings. The van der Waals surface area contributed by atoms with Crippen molar-refractivity contribution in [3.63, 3.8) is 0 Å². The first-order valence-electron chi connectivity index (χ1n) is 10.8. The molecule has 2 atom stereocenters. The molecule has 0 bridgehead atoms. The quantitative estimate of drug-likeness (QED) is 0.615. The van der Waals surface area contributed by atoms with Gasteiger partial charge in [0.05, 0.1) is 21.2 Å². The van der Waals surface area contributed by atoms with Gasteiger partial charge in [0, 0.05) is 38.2 Å². The Labute approximate surface area is 200 Å². The molecule has 2 N–H and O–H groups in total. The molecule has 2 saturated heterocycles. The zero-order valence-corrected chi connectivity index (χ0v) is 19.6. The molecule has 0 aromatic heterocycles. The molecule has 13 heteroatoms. The first kappa shape index (κ1) is 24.5. The van der Waals surface area contributed by atoms with E-state index in [1.807, 2.05) is 6.07 Å². The number of hydrogen-bond acceptors (Lipinski definition) is 6. The second-order valence-electron chi connectivity index (χ2n) is 8.99. The molecule has 4 rings (SSSR count). The molecule has 2 aliphatic heterocycles. The molecule has 1 aliphatic carbocycles. The van der Waals surface area contributed by atoms with Crippen LogP contribution in [0.25, 0.3) is 0 Å². The van der Waals surface area contributed by atoms with Gasteiger partial charge in [-0.25, -0.2) is 22.0 Å². The fourth-order valence-electron chi connectivity index (χ4n) is 4.38. The Kier molecular flexibility index (Phi) is 6.14. The summed E-state index contributed by atoms with van der Waals surface area (Å²) in [6.45, 7) is -0.214. The molecular formula is C21H23ClF2N4O5S. The summed E-state index contributed by atoms with van der Waals surface area (Å²) < 4.78 is 53.5. The van der Waals surface area contributed by atoms with Crippen LogP contribution in [0.1, 0.15) is 32.1 Å². The number of carboxylic acid groups (broad SMARTS) is 1. The molecule has 1 saturated carbocycles. The van der Waals surface area contributed by atoms with Crippen LogP contribution in [-0.2, 0) is 14.6 Å². The number of rotatable bonds is 5. The molecule has 0 radical (unpaired) electrons. The van der Waals surface area contributed by atoms with Crippen LogP contribution in [0.5, 0.6) is 0 Å². The lowest BCUT2D eigenvalue weighted by Gasteiger charge is -2.33. The van der Waals surface area contributed by atoms with Gasteiger partial charge in [-0.2, -0.15) is 5.26 Å². The number of anilines is 1. The van der Waals surface area contributed by atoms with E-state index in [4.69, 9.17) is 11.6 Å². The van der Waals surface area contributed by atoms with Crippen LogP contribution >= 0.6 is 11.6 Å². The summed E-state index contributed by atoms with van der Waals surface area (Å²) in [5, 5.41) is 19.9. The molecule has 34 heavy (non-hydrogen) atoms. The summed E-state index contributed by atoms with van der Waals surface area (Å²) in [6.07, 6.45) is -1.44. The van der Waals surface area contributed by atoms with Crippen LogP contribution < -0.4 is 10.2 Å². The van der Waals surface area contributed by atoms with E-state index in [0.29, 0.717) is 18.5 Å². The van der Waals surface area contributed by atoms with Crippen molar-refractivity contribution in [2.75, 3.05) is 24.5 Å². The Morgan fingerprint density at radius 2 is 1.85 bits per heavy atom. The standard InChI is InChI=1S/C21H23ClF2N4O5S/c22-15-9-13(27-7-5-21(23,24)6-8-27)1-2-17(15)34(32,33)14-10-16(28(11-14)19(30)31)18(29)26-20(12-25)3-4-20/h1-2,9,14,16H,3-8,10-11H2,(H,26,29)(H,30,31)/t14-,16+/m1/s1. The third-order valence-corrected chi connectivity index (χ3v) is 9.27. The summed E-state index contributed by atoms with van der Waals surface area (Å²) in [6, 6.07) is 4.90. The summed E-state index contributed by atoms with van der Waals surface area (Å²) in [4.78, 5) is 26.6. The molecule has 184 valence electrons. The van der Waals surface area contributed by atoms with Gasteiger partial charge in [0.2, 0.25) is 5.91 Å². The van der Waals surface area contributed by atoms with E-state index in [1.165, 1.54) is 18.2 Å². The number of carbonyl (C=O) groups is 2. The number of halogens is 3. The number of nitrogens with one attached hydrogen (secondary N) is 1. The van der Waals surface area contributed by atoms with E-state index in [0.717, 1.165) is 4.90 Å². The van der Waals surface area contributed by atoms with Crippen molar-refractivity contribution in [3.05, 3.63) is 23.2 Å². The minimum Gasteiger partial charge on any atom is -0.465 e. The van der Waals surface area contributed by atoms with E-state index in [2.05, 4.69) is 5.32 Å². The van der Waals surface area contributed by atoms with E-state index >= 15 is 0 Å². The number of likely N-dealkylation sites (tertiary alicyclic amines) is 1. The Morgan fingerprint density at radius 3 is 2.38 bits per heavy atom. The number of nitrogens with zero attached hydrogens (tertiary/aromatic N) is 3. The highest BCUT2D eigenvalue weighted by molar-refractivity contribution is 7.92. The first-order chi connectivity index (χ1) is 15.9. The smallest absolute Gasteiger partial charge is 0.408 e. The van der Waals surface area contributed by atoms with Gasteiger partial charge in [-0.1, -0.05) is 11.6 Å². The molecule has 2 heterocycles. The molecule has 3 aliphatic rings. The fraction of sp³-hybridized carbons (Fsp3) is 0.571. The maximum Gasteiger partial charge on any atom is 0.408 e. The highest BCUT2D eigenvalue weighted by Crippen LogP contribution is 2.38. The Morgan fingerprint density at radius 1 is 1.21 bits per heavy atom. The molecule has 1 aromatic rings. The van der Waals surface area contributed by atoms with Crippen molar-refractivity contribution >= 4 is 39.1 Å². The maximum atomic E-state index is 13.4. The van der Waals surface area contributed by atoms with Crippen LogP contribution in [0.3, 0.4) is 0 Å². The van der Waals surface area contributed by atoms with Gasteiger partial charge in [-0.3, -0.25) is 9.69 Å². The zero-order chi connectivity index (χ0) is 24.9. The van der Waals surface area contributed by atoms with Crippen molar-refractivity contribution in [2.45, 2.75) is 59.8 Å². The number of benzene rings is 1. The number of sulfone groups is 1. The average Bonchev–Trinajstić information content (AvgIpc) is 3.37. The van der Waals surface area contributed by atoms with Crippen molar-refractivity contribution in [2.24, 2.45) is 0 Å². The minimum atomic E-state index is -4.12. The number of nitriles is 1. The number of carbonyl (C=O) groups excluding carboxylic acids is 1. The van der Waals surface area contributed by atoms with Gasteiger partial charge in [0.25, 0.3) is 5.92 Å². The second-order valence-corrected chi connectivity index (χ2v) is 11.6. The predicted octanol–water partition coefficient (Wildman–Crippen LogP) is 2.64. The van der Waals surface area contributed by atoms with E-state index in [9.17, 15) is 37.2 Å². The van der Waals surface area contributed by atoms with Crippen molar-refractivity contribution in [3.8, 4) is 6.07 Å². The SMILES string of the molecule is N#CC1(NC(=O)[C@@H]2C[C@@H](S(=O)(=O)c3ccc(N4CCC(F)(F)CC4)cc3Cl)CN2C(=O)O)CC1. The van der Waals surface area contributed by atoms with Gasteiger partial charge in [-0.15, -0.1) is 0 Å². The lowest BCUT2D eigenvalue weighted by Crippen LogP contribution is -2.49. The van der Waals surface area contributed by atoms with Crippen molar-refractivity contribution in [1.82, 2.24) is 10.2 Å². The molecule has 1 aromatic carbocycles.